The fraction of sp³-hybridized carbons (Fsp3) is 0.211. The van der Waals surface area contributed by atoms with E-state index in [-0.39, 0.29) is 23.4 Å². The number of hydrogen-bond donors (Lipinski definition) is 0. The maximum atomic E-state index is 12.7. The number of fused-ring (bicyclic) bond motifs is 2. The molecule has 3 heterocycles. The second kappa shape index (κ2) is 7.01. The Morgan fingerprint density at radius 2 is 1.96 bits per heavy atom. The van der Waals surface area contributed by atoms with Crippen molar-refractivity contribution < 1.29 is 9.53 Å². The van der Waals surface area contributed by atoms with Gasteiger partial charge in [-0.2, -0.15) is 5.10 Å². The molecule has 28 heavy (non-hydrogen) atoms. The Kier molecular flexibility index (Phi) is 4.52. The minimum absolute atomic E-state index is 0.0572. The second-order valence-electron chi connectivity index (χ2n) is 6.17. The van der Waals surface area contributed by atoms with Crippen molar-refractivity contribution in [2.45, 2.75) is 27.0 Å². The molecule has 4 rings (SSSR count). The summed E-state index contributed by atoms with van der Waals surface area (Å²) in [6, 6.07) is 8.11. The third-order valence-corrected chi connectivity index (χ3v) is 5.28. The number of esters is 1. The highest BCUT2D eigenvalue weighted by Crippen LogP contribution is 2.16. The lowest BCUT2D eigenvalue weighted by Gasteiger charge is -2.09. The molecule has 3 aromatic heterocycles. The Balaban J connectivity index is 1.67. The van der Waals surface area contributed by atoms with E-state index in [1.165, 1.54) is 26.5 Å². The van der Waals surface area contributed by atoms with Gasteiger partial charge in [0, 0.05) is 29.1 Å². The number of aromatic nitrogens is 4. The predicted molar refractivity (Wildman–Crippen MR) is 105 cm³/mol. The van der Waals surface area contributed by atoms with Gasteiger partial charge in [-0.25, -0.2) is 14.5 Å². The minimum Gasteiger partial charge on any atom is -0.454 e. The molecular weight excluding hydrogens is 380 g/mol. The molecule has 0 aliphatic rings. The normalized spacial score (nSPS) is 11.2. The van der Waals surface area contributed by atoms with Crippen LogP contribution in [0.25, 0.3) is 15.7 Å². The van der Waals surface area contributed by atoms with E-state index in [1.54, 1.807) is 31.2 Å². The van der Waals surface area contributed by atoms with Gasteiger partial charge in [-0.15, -0.1) is 11.3 Å². The first-order chi connectivity index (χ1) is 13.5. The Hall–Kier alpha value is -3.33. The van der Waals surface area contributed by atoms with Gasteiger partial charge in [0.25, 0.3) is 11.1 Å². The van der Waals surface area contributed by atoms with Crippen molar-refractivity contribution in [3.05, 3.63) is 73.5 Å². The van der Waals surface area contributed by atoms with Crippen LogP contribution in [0.5, 0.6) is 0 Å². The van der Waals surface area contributed by atoms with Gasteiger partial charge in [0.15, 0.2) is 10.7 Å². The number of ether oxygens (including phenoxy) is 1. The molecule has 0 amide bonds. The van der Waals surface area contributed by atoms with Crippen LogP contribution in [0.15, 0.2) is 45.3 Å². The van der Waals surface area contributed by atoms with Gasteiger partial charge >= 0.3 is 5.97 Å². The summed E-state index contributed by atoms with van der Waals surface area (Å²) in [5.41, 5.74) is 0.731. The van der Waals surface area contributed by atoms with Gasteiger partial charge < -0.3 is 4.74 Å². The molecule has 9 heteroatoms. The van der Waals surface area contributed by atoms with Crippen LogP contribution < -0.4 is 11.1 Å². The summed E-state index contributed by atoms with van der Waals surface area (Å²) in [6.07, 6.45) is 0. The maximum absolute atomic E-state index is 12.7. The standard InChI is InChI=1S/C19H16N4O4S/c1-3-22-17(25)14-7-5-4-6-13(14)16(21-22)18(26)27-9-12-8-15(24)23-11(2)10-28-19(23)20-12/h4-8,10H,3,9H2,1-2H3. The fourth-order valence-corrected chi connectivity index (χ4v) is 3.87. The highest BCUT2D eigenvalue weighted by Gasteiger charge is 2.18. The van der Waals surface area contributed by atoms with Gasteiger partial charge in [0.2, 0.25) is 0 Å². The van der Waals surface area contributed by atoms with Crippen molar-refractivity contribution in [3.8, 4) is 0 Å². The number of benzene rings is 1. The second-order valence-corrected chi connectivity index (χ2v) is 7.01. The lowest BCUT2D eigenvalue weighted by molar-refractivity contribution is 0.0460. The zero-order valence-corrected chi connectivity index (χ0v) is 16.0. The van der Waals surface area contributed by atoms with Gasteiger partial charge in [-0.05, 0) is 19.9 Å². The number of thiazole rings is 1. The van der Waals surface area contributed by atoms with Gasteiger partial charge in [-0.3, -0.25) is 14.0 Å². The van der Waals surface area contributed by atoms with Crippen molar-refractivity contribution in [2.24, 2.45) is 0 Å². The quantitative estimate of drug-likeness (QED) is 0.491. The van der Waals surface area contributed by atoms with E-state index in [9.17, 15) is 14.4 Å². The lowest BCUT2D eigenvalue weighted by atomic mass is 10.1. The molecule has 0 saturated heterocycles. The SMILES string of the molecule is CCn1nc(C(=O)OCc2cc(=O)n3c(C)csc3n2)c2ccccc2c1=O. The van der Waals surface area contributed by atoms with Crippen molar-refractivity contribution >= 4 is 33.0 Å². The molecule has 0 spiro atoms. The van der Waals surface area contributed by atoms with Crippen LogP contribution in [0.3, 0.4) is 0 Å². The Bertz CT molecular complexity index is 1340. The van der Waals surface area contributed by atoms with E-state index in [1.807, 2.05) is 12.3 Å². The van der Waals surface area contributed by atoms with Crippen LogP contribution in [0, 0.1) is 6.92 Å². The predicted octanol–water partition coefficient (Wildman–Crippen LogP) is 2.15. The first-order valence-corrected chi connectivity index (χ1v) is 9.51. The minimum atomic E-state index is -0.678. The average Bonchev–Trinajstić information content (AvgIpc) is 3.08. The van der Waals surface area contributed by atoms with Gasteiger partial charge in [0.05, 0.1) is 11.1 Å². The molecule has 0 fully saturated rings. The summed E-state index contributed by atoms with van der Waals surface area (Å²) >= 11 is 1.34. The molecule has 1 aromatic carbocycles. The molecular formula is C19H16N4O4S. The topological polar surface area (TPSA) is 95.6 Å². The van der Waals surface area contributed by atoms with Crippen molar-refractivity contribution in [2.75, 3.05) is 0 Å². The van der Waals surface area contributed by atoms with E-state index in [2.05, 4.69) is 10.1 Å². The van der Waals surface area contributed by atoms with Gasteiger partial charge in [0.1, 0.15) is 6.61 Å². The zero-order chi connectivity index (χ0) is 19.8. The number of hydrogen-bond acceptors (Lipinski definition) is 7. The summed E-state index contributed by atoms with van der Waals surface area (Å²) < 4.78 is 8.08. The molecule has 0 unspecified atom stereocenters. The van der Waals surface area contributed by atoms with E-state index in [4.69, 9.17) is 4.74 Å². The van der Waals surface area contributed by atoms with Crippen molar-refractivity contribution in [1.29, 1.82) is 0 Å². The molecule has 0 atom stereocenters. The van der Waals surface area contributed by atoms with Crippen molar-refractivity contribution in [1.82, 2.24) is 19.2 Å². The fourth-order valence-electron chi connectivity index (χ4n) is 2.98. The summed E-state index contributed by atoms with van der Waals surface area (Å²) in [4.78, 5) is 42.2. The van der Waals surface area contributed by atoms with Crippen molar-refractivity contribution in [3.63, 3.8) is 0 Å². The number of aryl methyl sites for hydroxylation is 2. The number of rotatable bonds is 4. The summed E-state index contributed by atoms with van der Waals surface area (Å²) in [6.45, 7) is 3.76. The number of nitrogens with zero attached hydrogens (tertiary/aromatic N) is 4. The zero-order valence-electron chi connectivity index (χ0n) is 15.2. The van der Waals surface area contributed by atoms with Gasteiger partial charge in [-0.1, -0.05) is 18.2 Å². The number of carbonyl (C=O) groups excluding carboxylic acids is 1. The summed E-state index contributed by atoms with van der Waals surface area (Å²) in [5, 5.41) is 6.82. The Labute approximate surface area is 162 Å². The highest BCUT2D eigenvalue weighted by molar-refractivity contribution is 7.15. The molecule has 0 aliphatic carbocycles. The molecule has 0 radical (unpaired) electrons. The third-order valence-electron chi connectivity index (χ3n) is 4.34. The molecule has 0 N–H and O–H groups in total. The number of carbonyl (C=O) groups is 1. The van der Waals surface area contributed by atoms with Crippen LogP contribution in [0.1, 0.15) is 28.8 Å². The highest BCUT2D eigenvalue weighted by atomic mass is 32.1. The first-order valence-electron chi connectivity index (χ1n) is 8.63. The summed E-state index contributed by atoms with van der Waals surface area (Å²) in [5.74, 6) is -0.678. The molecule has 0 saturated carbocycles. The largest absolute Gasteiger partial charge is 0.454 e. The molecule has 142 valence electrons. The Morgan fingerprint density at radius 1 is 1.21 bits per heavy atom. The average molecular weight is 396 g/mol. The van der Waals surface area contributed by atoms with Crippen LogP contribution in [0.4, 0.5) is 0 Å². The van der Waals surface area contributed by atoms with E-state index in [0.717, 1.165) is 5.69 Å². The Morgan fingerprint density at radius 3 is 2.71 bits per heavy atom. The lowest BCUT2D eigenvalue weighted by Crippen LogP contribution is -2.26. The molecule has 4 aromatic rings. The van der Waals surface area contributed by atoms with Crippen LogP contribution in [-0.4, -0.2) is 25.1 Å². The summed E-state index contributed by atoms with van der Waals surface area (Å²) in [7, 11) is 0. The third kappa shape index (κ3) is 2.99. The molecule has 0 aliphatic heterocycles. The van der Waals surface area contributed by atoms with Crippen LogP contribution in [0.2, 0.25) is 0 Å². The van der Waals surface area contributed by atoms with E-state index < -0.39 is 5.97 Å². The molecule has 8 nitrogen and oxygen atoms in total. The maximum Gasteiger partial charge on any atom is 0.359 e. The van der Waals surface area contributed by atoms with Crippen LogP contribution >= 0.6 is 11.3 Å². The van der Waals surface area contributed by atoms with E-state index >= 15 is 0 Å². The monoisotopic (exact) mass is 396 g/mol. The van der Waals surface area contributed by atoms with Crippen LogP contribution in [-0.2, 0) is 17.9 Å². The first kappa shape index (κ1) is 18.1. The smallest absolute Gasteiger partial charge is 0.359 e. The van der Waals surface area contributed by atoms with E-state index in [0.29, 0.717) is 28.0 Å². The molecule has 0 bridgehead atoms.